The molecule has 3 N–H and O–H groups in total. The van der Waals surface area contributed by atoms with E-state index in [1.807, 2.05) is 0 Å². The molecule has 0 amide bonds. The number of aryl methyl sites for hydroxylation is 2. The zero-order valence-electron chi connectivity index (χ0n) is 7.74. The van der Waals surface area contributed by atoms with E-state index in [1.54, 1.807) is 13.8 Å². The van der Waals surface area contributed by atoms with Crippen molar-refractivity contribution in [1.82, 2.24) is 15.1 Å². The van der Waals surface area contributed by atoms with Gasteiger partial charge in [0, 0.05) is 0 Å². The predicted octanol–water partition coefficient (Wildman–Crippen LogP) is 1.00. The molecule has 2 aromatic heterocycles. The molecule has 0 radical (unpaired) electrons. The maximum Gasteiger partial charge on any atom is 0.328 e. The van der Waals surface area contributed by atoms with Gasteiger partial charge < -0.3 is 14.7 Å². The van der Waals surface area contributed by atoms with Gasteiger partial charge in [-0.2, -0.15) is 9.97 Å². The predicted molar refractivity (Wildman–Crippen MR) is 48.0 cm³/mol. The lowest BCUT2D eigenvalue weighted by atomic mass is 10.5. The second-order valence-corrected chi connectivity index (χ2v) is 2.74. The van der Waals surface area contributed by atoms with E-state index in [1.165, 1.54) is 0 Å². The van der Waals surface area contributed by atoms with Crippen LogP contribution < -0.4 is 11.1 Å². The zero-order valence-corrected chi connectivity index (χ0v) is 7.74. The van der Waals surface area contributed by atoms with Crippen LogP contribution in [0.15, 0.2) is 8.94 Å². The molecule has 7 nitrogen and oxygen atoms in total. The Bertz CT molecular complexity index is 447. The van der Waals surface area contributed by atoms with Crippen LogP contribution in [-0.4, -0.2) is 15.1 Å². The Labute approximate surface area is 79.3 Å². The lowest BCUT2D eigenvalue weighted by molar-refractivity contribution is 0.426. The summed E-state index contributed by atoms with van der Waals surface area (Å²) in [5.41, 5.74) is 5.99. The highest BCUT2D eigenvalue weighted by atomic mass is 16.5. The lowest BCUT2D eigenvalue weighted by Crippen LogP contribution is -1.90. The molecule has 0 spiro atoms. The monoisotopic (exact) mass is 195 g/mol. The number of nitrogens with zero attached hydrogens (tertiary/aromatic N) is 3. The van der Waals surface area contributed by atoms with Crippen LogP contribution in [0.25, 0.3) is 0 Å². The van der Waals surface area contributed by atoms with E-state index < -0.39 is 0 Å². The molecular weight excluding hydrogens is 186 g/mol. The molecule has 0 fully saturated rings. The van der Waals surface area contributed by atoms with Gasteiger partial charge in [0.15, 0.2) is 5.82 Å². The molecule has 0 atom stereocenters. The number of rotatable bonds is 2. The molecule has 2 aromatic rings. The Kier molecular flexibility index (Phi) is 1.84. The Morgan fingerprint density at radius 2 is 2.07 bits per heavy atom. The van der Waals surface area contributed by atoms with Gasteiger partial charge in [0.25, 0.3) is 6.01 Å². The first-order valence-corrected chi connectivity index (χ1v) is 3.95. The summed E-state index contributed by atoms with van der Waals surface area (Å²) in [7, 11) is 0. The Morgan fingerprint density at radius 1 is 1.29 bits per heavy atom. The van der Waals surface area contributed by atoms with Crippen LogP contribution in [0.4, 0.5) is 17.9 Å². The molecule has 2 rings (SSSR count). The van der Waals surface area contributed by atoms with Crippen LogP contribution in [0.3, 0.4) is 0 Å². The molecule has 0 unspecified atom stereocenters. The van der Waals surface area contributed by atoms with E-state index in [0.29, 0.717) is 17.4 Å². The average molecular weight is 195 g/mol. The number of anilines is 3. The SMILES string of the molecule is Cc1noc(Nc2oc(N)nc2C)n1. The normalized spacial score (nSPS) is 10.4. The van der Waals surface area contributed by atoms with E-state index in [9.17, 15) is 0 Å². The Morgan fingerprint density at radius 3 is 2.57 bits per heavy atom. The first-order chi connectivity index (χ1) is 6.65. The highest BCUT2D eigenvalue weighted by molar-refractivity contribution is 5.48. The van der Waals surface area contributed by atoms with Crippen LogP contribution in [0.5, 0.6) is 0 Å². The maximum atomic E-state index is 5.35. The van der Waals surface area contributed by atoms with Crippen molar-refractivity contribution < 1.29 is 8.94 Å². The second-order valence-electron chi connectivity index (χ2n) is 2.74. The molecule has 14 heavy (non-hydrogen) atoms. The number of nitrogens with one attached hydrogen (secondary N) is 1. The molecule has 0 aliphatic rings. The highest BCUT2D eigenvalue weighted by Crippen LogP contribution is 2.21. The number of hydrogen-bond acceptors (Lipinski definition) is 7. The summed E-state index contributed by atoms with van der Waals surface area (Å²) >= 11 is 0. The average Bonchev–Trinajstić information content (AvgIpc) is 2.61. The Hall–Kier alpha value is -2.05. The first-order valence-electron chi connectivity index (χ1n) is 3.95. The fourth-order valence-corrected chi connectivity index (χ4v) is 0.978. The molecule has 0 bridgehead atoms. The van der Waals surface area contributed by atoms with Gasteiger partial charge in [-0.3, -0.25) is 5.32 Å². The summed E-state index contributed by atoms with van der Waals surface area (Å²) in [5.74, 6) is 0.948. The highest BCUT2D eigenvalue weighted by Gasteiger charge is 2.10. The van der Waals surface area contributed by atoms with Crippen LogP contribution in [-0.2, 0) is 0 Å². The smallest absolute Gasteiger partial charge is 0.328 e. The topological polar surface area (TPSA) is 103 Å². The van der Waals surface area contributed by atoms with E-state index in [0.717, 1.165) is 0 Å². The lowest BCUT2D eigenvalue weighted by Gasteiger charge is -1.94. The quantitative estimate of drug-likeness (QED) is 0.736. The van der Waals surface area contributed by atoms with Gasteiger partial charge in [-0.15, -0.1) is 0 Å². The van der Waals surface area contributed by atoms with Crippen LogP contribution >= 0.6 is 0 Å². The van der Waals surface area contributed by atoms with Crippen LogP contribution in [0.2, 0.25) is 0 Å². The zero-order chi connectivity index (χ0) is 10.1. The Balaban J connectivity index is 2.22. The van der Waals surface area contributed by atoms with Crippen molar-refractivity contribution in [2.75, 3.05) is 11.1 Å². The summed E-state index contributed by atoms with van der Waals surface area (Å²) in [6, 6.07) is 0.350. The van der Waals surface area contributed by atoms with Gasteiger partial charge >= 0.3 is 6.01 Å². The minimum atomic E-state index is 0.0984. The standard InChI is InChI=1S/C7H9N5O2/c1-3-5(13-6(8)9-3)11-7-10-4(2)12-14-7/h1-2H3,(H2,8,9)(H,10,11,12). The number of nitrogens with two attached hydrogens (primary N) is 1. The van der Waals surface area contributed by atoms with Crippen molar-refractivity contribution in [3.8, 4) is 0 Å². The fraction of sp³-hybridized carbons (Fsp3) is 0.286. The molecular formula is C7H9N5O2. The molecule has 0 aliphatic carbocycles. The molecule has 0 aliphatic heterocycles. The van der Waals surface area contributed by atoms with E-state index in [-0.39, 0.29) is 12.0 Å². The van der Waals surface area contributed by atoms with Gasteiger partial charge in [-0.1, -0.05) is 5.16 Å². The van der Waals surface area contributed by atoms with Gasteiger partial charge in [-0.05, 0) is 13.8 Å². The summed E-state index contributed by atoms with van der Waals surface area (Å²) in [6.07, 6.45) is 0. The third-order valence-electron chi connectivity index (χ3n) is 1.56. The third kappa shape index (κ3) is 1.51. The van der Waals surface area contributed by atoms with E-state index in [2.05, 4.69) is 20.4 Å². The summed E-state index contributed by atoms with van der Waals surface area (Å²) < 4.78 is 9.89. The molecule has 2 heterocycles. The van der Waals surface area contributed by atoms with Gasteiger partial charge in [0.1, 0.15) is 5.69 Å². The van der Waals surface area contributed by atoms with Crippen molar-refractivity contribution >= 4 is 17.9 Å². The van der Waals surface area contributed by atoms with Crippen molar-refractivity contribution in [3.05, 3.63) is 11.5 Å². The number of hydrogen-bond donors (Lipinski definition) is 2. The minimum Gasteiger partial charge on any atom is -0.407 e. The van der Waals surface area contributed by atoms with Crippen LogP contribution in [0, 0.1) is 13.8 Å². The molecule has 7 heteroatoms. The van der Waals surface area contributed by atoms with Crippen molar-refractivity contribution in [2.24, 2.45) is 0 Å². The summed E-state index contributed by atoms with van der Waals surface area (Å²) in [5, 5.41) is 6.37. The summed E-state index contributed by atoms with van der Waals surface area (Å²) in [6.45, 7) is 3.47. The largest absolute Gasteiger partial charge is 0.407 e. The molecule has 0 saturated carbocycles. The third-order valence-corrected chi connectivity index (χ3v) is 1.56. The van der Waals surface area contributed by atoms with Gasteiger partial charge in [0.2, 0.25) is 5.88 Å². The van der Waals surface area contributed by atoms with Crippen molar-refractivity contribution in [2.45, 2.75) is 13.8 Å². The van der Waals surface area contributed by atoms with E-state index >= 15 is 0 Å². The molecule has 0 aromatic carbocycles. The number of aromatic nitrogens is 3. The van der Waals surface area contributed by atoms with Gasteiger partial charge in [-0.25, -0.2) is 0 Å². The van der Waals surface area contributed by atoms with E-state index in [4.69, 9.17) is 14.7 Å². The molecule has 0 saturated heterocycles. The summed E-state index contributed by atoms with van der Waals surface area (Å²) in [4.78, 5) is 7.81. The first kappa shape index (κ1) is 8.54. The minimum absolute atomic E-state index is 0.0984. The van der Waals surface area contributed by atoms with Crippen molar-refractivity contribution in [1.29, 1.82) is 0 Å². The fourth-order valence-electron chi connectivity index (χ4n) is 0.978. The van der Waals surface area contributed by atoms with Gasteiger partial charge in [0.05, 0.1) is 0 Å². The number of nitrogen functional groups attached to an aromatic ring is 1. The second kappa shape index (κ2) is 3.02. The number of oxazole rings is 1. The van der Waals surface area contributed by atoms with Crippen LogP contribution in [0.1, 0.15) is 11.5 Å². The van der Waals surface area contributed by atoms with Crippen molar-refractivity contribution in [3.63, 3.8) is 0 Å². The molecule has 74 valence electrons. The maximum absolute atomic E-state index is 5.35.